The molecule has 0 aliphatic carbocycles. The first-order chi connectivity index (χ1) is 9.54. The smallest absolute Gasteiger partial charge is 0.0408 e. The molecular formula is C18H22ClN. The Hall–Kier alpha value is -1.31. The molecule has 2 aromatic carbocycles. The highest BCUT2D eigenvalue weighted by molar-refractivity contribution is 6.30. The summed E-state index contributed by atoms with van der Waals surface area (Å²) in [5.74, 6) is 0. The topological polar surface area (TPSA) is 12.0 Å². The lowest BCUT2D eigenvalue weighted by atomic mass is 9.75. The summed E-state index contributed by atoms with van der Waals surface area (Å²) in [7, 11) is 2.03. The van der Waals surface area contributed by atoms with Gasteiger partial charge in [-0.3, -0.25) is 0 Å². The van der Waals surface area contributed by atoms with Gasteiger partial charge < -0.3 is 5.32 Å². The van der Waals surface area contributed by atoms with Crippen molar-refractivity contribution in [2.75, 3.05) is 7.05 Å². The Morgan fingerprint density at radius 3 is 2.35 bits per heavy atom. The van der Waals surface area contributed by atoms with Gasteiger partial charge in [-0.1, -0.05) is 67.9 Å². The van der Waals surface area contributed by atoms with Crippen LogP contribution in [0.4, 0.5) is 0 Å². The molecule has 1 nitrogen and oxygen atoms in total. The van der Waals surface area contributed by atoms with Gasteiger partial charge in [-0.25, -0.2) is 0 Å². The van der Waals surface area contributed by atoms with Crippen molar-refractivity contribution in [2.45, 2.75) is 31.7 Å². The first kappa shape index (κ1) is 15.1. The second kappa shape index (κ2) is 6.43. The van der Waals surface area contributed by atoms with Gasteiger partial charge in [-0.05, 0) is 36.7 Å². The maximum atomic E-state index is 6.08. The Balaban J connectivity index is 2.23. The molecule has 0 fully saturated rings. The number of rotatable bonds is 5. The van der Waals surface area contributed by atoms with Gasteiger partial charge in [0.2, 0.25) is 0 Å². The van der Waals surface area contributed by atoms with E-state index in [1.807, 2.05) is 25.2 Å². The molecular weight excluding hydrogens is 266 g/mol. The van der Waals surface area contributed by atoms with Crippen molar-refractivity contribution < 1.29 is 0 Å². The van der Waals surface area contributed by atoms with Crippen molar-refractivity contribution in [1.82, 2.24) is 5.32 Å². The second-order valence-electron chi connectivity index (χ2n) is 5.76. The summed E-state index contributed by atoms with van der Waals surface area (Å²) in [5, 5.41) is 4.27. The van der Waals surface area contributed by atoms with Crippen LogP contribution in [0.15, 0.2) is 54.6 Å². The predicted octanol–water partition coefficient (Wildman–Crippen LogP) is 4.45. The van der Waals surface area contributed by atoms with Gasteiger partial charge in [0, 0.05) is 16.5 Å². The molecule has 0 saturated carbocycles. The quantitative estimate of drug-likeness (QED) is 0.857. The lowest BCUT2D eigenvalue weighted by molar-refractivity contribution is 0.356. The molecule has 1 atom stereocenters. The van der Waals surface area contributed by atoms with E-state index in [0.29, 0.717) is 6.04 Å². The SMILES string of the molecule is CNC(Cc1cccc(Cl)c1)C(C)(C)c1ccccc1. The number of likely N-dealkylation sites (N-methyl/N-ethyl adjacent to an activating group) is 1. The molecule has 1 unspecified atom stereocenters. The molecule has 0 saturated heterocycles. The van der Waals surface area contributed by atoms with Gasteiger partial charge in [0.1, 0.15) is 0 Å². The van der Waals surface area contributed by atoms with Crippen LogP contribution in [-0.4, -0.2) is 13.1 Å². The third kappa shape index (κ3) is 3.41. The average molecular weight is 288 g/mol. The lowest BCUT2D eigenvalue weighted by Gasteiger charge is -2.35. The highest BCUT2D eigenvalue weighted by Crippen LogP contribution is 2.29. The van der Waals surface area contributed by atoms with E-state index in [0.717, 1.165) is 11.4 Å². The standard InChI is InChI=1S/C18H22ClN/c1-18(2,15-9-5-4-6-10-15)17(20-3)13-14-8-7-11-16(19)12-14/h4-12,17,20H,13H2,1-3H3. The summed E-state index contributed by atoms with van der Waals surface area (Å²) in [6.07, 6.45) is 0.957. The molecule has 0 spiro atoms. The Kier molecular flexibility index (Phi) is 4.85. The summed E-state index contributed by atoms with van der Waals surface area (Å²) in [5.41, 5.74) is 2.67. The highest BCUT2D eigenvalue weighted by Gasteiger charge is 2.30. The minimum atomic E-state index is 0.0539. The third-order valence-corrected chi connectivity index (χ3v) is 4.30. The van der Waals surface area contributed by atoms with E-state index in [9.17, 15) is 0 Å². The lowest BCUT2D eigenvalue weighted by Crippen LogP contribution is -2.44. The fourth-order valence-corrected chi connectivity index (χ4v) is 2.90. The number of benzene rings is 2. The van der Waals surface area contributed by atoms with Gasteiger partial charge in [-0.15, -0.1) is 0 Å². The first-order valence-electron chi connectivity index (χ1n) is 7.01. The van der Waals surface area contributed by atoms with Crippen LogP contribution >= 0.6 is 11.6 Å². The zero-order valence-electron chi connectivity index (χ0n) is 12.4. The molecule has 0 aliphatic rings. The Morgan fingerprint density at radius 2 is 1.75 bits per heavy atom. The fourth-order valence-electron chi connectivity index (χ4n) is 2.69. The van der Waals surface area contributed by atoms with Crippen LogP contribution < -0.4 is 5.32 Å². The summed E-state index contributed by atoms with van der Waals surface area (Å²) < 4.78 is 0. The summed E-state index contributed by atoms with van der Waals surface area (Å²) in [6, 6.07) is 19.1. The summed E-state index contributed by atoms with van der Waals surface area (Å²) >= 11 is 6.08. The van der Waals surface area contributed by atoms with Crippen molar-refractivity contribution in [3.63, 3.8) is 0 Å². The molecule has 0 radical (unpaired) electrons. The Labute approximate surface area is 127 Å². The molecule has 20 heavy (non-hydrogen) atoms. The normalized spacial score (nSPS) is 13.2. The van der Waals surface area contributed by atoms with E-state index in [-0.39, 0.29) is 5.41 Å². The average Bonchev–Trinajstić information content (AvgIpc) is 2.45. The number of halogens is 1. The van der Waals surface area contributed by atoms with E-state index in [1.54, 1.807) is 0 Å². The molecule has 0 amide bonds. The van der Waals surface area contributed by atoms with E-state index < -0.39 is 0 Å². The summed E-state index contributed by atoms with van der Waals surface area (Å²) in [4.78, 5) is 0. The van der Waals surface area contributed by atoms with E-state index >= 15 is 0 Å². The van der Waals surface area contributed by atoms with Crippen LogP contribution in [0.1, 0.15) is 25.0 Å². The minimum Gasteiger partial charge on any atom is -0.316 e. The van der Waals surface area contributed by atoms with Crippen molar-refractivity contribution in [1.29, 1.82) is 0 Å². The van der Waals surface area contributed by atoms with E-state index in [4.69, 9.17) is 11.6 Å². The van der Waals surface area contributed by atoms with Gasteiger partial charge in [0.25, 0.3) is 0 Å². The van der Waals surface area contributed by atoms with Gasteiger partial charge in [-0.2, -0.15) is 0 Å². The van der Waals surface area contributed by atoms with Crippen molar-refractivity contribution in [2.24, 2.45) is 0 Å². The number of hydrogen-bond donors (Lipinski definition) is 1. The molecule has 0 aliphatic heterocycles. The Bertz CT molecular complexity index is 548. The van der Waals surface area contributed by atoms with E-state index in [2.05, 4.69) is 55.6 Å². The third-order valence-electron chi connectivity index (χ3n) is 4.07. The van der Waals surface area contributed by atoms with Gasteiger partial charge >= 0.3 is 0 Å². The molecule has 1 N–H and O–H groups in total. The number of hydrogen-bond acceptors (Lipinski definition) is 1. The second-order valence-corrected chi connectivity index (χ2v) is 6.20. The molecule has 2 heteroatoms. The van der Waals surface area contributed by atoms with Crippen molar-refractivity contribution in [3.05, 3.63) is 70.7 Å². The minimum absolute atomic E-state index is 0.0539. The van der Waals surface area contributed by atoms with Gasteiger partial charge in [0.15, 0.2) is 0 Å². The molecule has 0 heterocycles. The zero-order chi connectivity index (χ0) is 14.6. The zero-order valence-corrected chi connectivity index (χ0v) is 13.1. The van der Waals surface area contributed by atoms with E-state index in [1.165, 1.54) is 11.1 Å². The van der Waals surface area contributed by atoms with Crippen molar-refractivity contribution in [3.8, 4) is 0 Å². The van der Waals surface area contributed by atoms with Crippen LogP contribution in [0, 0.1) is 0 Å². The van der Waals surface area contributed by atoms with Crippen LogP contribution in [0.3, 0.4) is 0 Å². The van der Waals surface area contributed by atoms with Crippen LogP contribution in [0.2, 0.25) is 5.02 Å². The van der Waals surface area contributed by atoms with Crippen LogP contribution in [-0.2, 0) is 11.8 Å². The Morgan fingerprint density at radius 1 is 1.05 bits per heavy atom. The molecule has 2 aromatic rings. The maximum absolute atomic E-state index is 6.08. The van der Waals surface area contributed by atoms with Crippen LogP contribution in [0.5, 0.6) is 0 Å². The fraction of sp³-hybridized carbons (Fsp3) is 0.333. The van der Waals surface area contributed by atoms with Crippen molar-refractivity contribution >= 4 is 11.6 Å². The first-order valence-corrected chi connectivity index (χ1v) is 7.39. The monoisotopic (exact) mass is 287 g/mol. The maximum Gasteiger partial charge on any atom is 0.0408 e. The predicted molar refractivity (Wildman–Crippen MR) is 87.5 cm³/mol. The molecule has 0 aromatic heterocycles. The largest absolute Gasteiger partial charge is 0.316 e. The molecule has 0 bridgehead atoms. The summed E-state index contributed by atoms with van der Waals surface area (Å²) in [6.45, 7) is 4.57. The molecule has 2 rings (SSSR count). The highest BCUT2D eigenvalue weighted by atomic mass is 35.5. The van der Waals surface area contributed by atoms with Gasteiger partial charge in [0.05, 0.1) is 0 Å². The number of nitrogens with one attached hydrogen (secondary N) is 1. The molecule has 106 valence electrons. The van der Waals surface area contributed by atoms with Crippen LogP contribution in [0.25, 0.3) is 0 Å².